The molecule has 0 aromatic rings. The molecule has 0 aliphatic carbocycles. The number of halogens is 3. The van der Waals surface area contributed by atoms with E-state index in [2.05, 4.69) is 5.32 Å². The fraction of sp³-hybridized carbons (Fsp3) is 0.889. The van der Waals surface area contributed by atoms with Crippen LogP contribution in [0.4, 0.5) is 18.0 Å². The quantitative estimate of drug-likeness (QED) is 0.776. The molecule has 0 heterocycles. The third-order valence-electron chi connectivity index (χ3n) is 2.34. The zero-order chi connectivity index (χ0) is 13.0. The molecule has 0 saturated carbocycles. The van der Waals surface area contributed by atoms with Crippen molar-refractivity contribution in [1.29, 1.82) is 0 Å². The number of carbonyl (C=O) groups excluding carboxylic acids is 1. The molecule has 0 aromatic heterocycles. The predicted octanol–water partition coefficient (Wildman–Crippen LogP) is 1.19. The lowest BCUT2D eigenvalue weighted by Gasteiger charge is -2.32. The Labute approximate surface area is 93.2 Å². The van der Waals surface area contributed by atoms with Gasteiger partial charge < -0.3 is 15.5 Å². The first-order chi connectivity index (χ1) is 7.04. The molecular weight excluding hydrogens is 223 g/mol. The Hall–Kier alpha value is -0.980. The van der Waals surface area contributed by atoms with Crippen molar-refractivity contribution in [2.75, 3.05) is 27.2 Å². The lowest BCUT2D eigenvalue weighted by molar-refractivity contribution is -0.122. The largest absolute Gasteiger partial charge is 0.405 e. The van der Waals surface area contributed by atoms with Gasteiger partial charge in [0.05, 0.1) is 0 Å². The first kappa shape index (κ1) is 15.0. The SMILES string of the molecule is CN(C)C(C)(C)CNC(=O)NCC(F)(F)F. The molecule has 2 amide bonds. The molecule has 0 bridgehead atoms. The van der Waals surface area contributed by atoms with Crippen molar-refractivity contribution in [3.8, 4) is 0 Å². The number of carbonyl (C=O) groups is 1. The van der Waals surface area contributed by atoms with E-state index in [1.165, 1.54) is 0 Å². The summed E-state index contributed by atoms with van der Waals surface area (Å²) in [4.78, 5) is 12.9. The number of nitrogens with one attached hydrogen (secondary N) is 2. The molecular formula is C9H18F3N3O. The molecule has 7 heteroatoms. The molecule has 2 N–H and O–H groups in total. The summed E-state index contributed by atoms with van der Waals surface area (Å²) in [6.45, 7) is 2.69. The van der Waals surface area contributed by atoms with E-state index in [0.717, 1.165) is 0 Å². The van der Waals surface area contributed by atoms with Crippen LogP contribution in [0.25, 0.3) is 0 Å². The molecule has 0 atom stereocenters. The van der Waals surface area contributed by atoms with Crippen LogP contribution < -0.4 is 10.6 Å². The van der Waals surface area contributed by atoms with Crippen molar-refractivity contribution in [2.45, 2.75) is 25.6 Å². The number of rotatable bonds is 4. The molecule has 0 aliphatic rings. The predicted molar refractivity (Wildman–Crippen MR) is 55.2 cm³/mol. The van der Waals surface area contributed by atoms with Gasteiger partial charge in [0, 0.05) is 12.1 Å². The molecule has 0 aromatic carbocycles. The fourth-order valence-corrected chi connectivity index (χ4v) is 0.698. The summed E-state index contributed by atoms with van der Waals surface area (Å²) in [7, 11) is 3.66. The van der Waals surface area contributed by atoms with Gasteiger partial charge in [-0.25, -0.2) is 4.79 Å². The molecule has 4 nitrogen and oxygen atoms in total. The third kappa shape index (κ3) is 6.49. The Balaban J connectivity index is 3.91. The minimum absolute atomic E-state index is 0.268. The molecule has 0 radical (unpaired) electrons. The highest BCUT2D eigenvalue weighted by Gasteiger charge is 2.28. The summed E-state index contributed by atoms with van der Waals surface area (Å²) in [6.07, 6.45) is -4.38. The van der Waals surface area contributed by atoms with Gasteiger partial charge in [-0.15, -0.1) is 0 Å². The maximum absolute atomic E-state index is 11.8. The highest BCUT2D eigenvalue weighted by Crippen LogP contribution is 2.12. The Bertz CT molecular complexity index is 239. The molecule has 16 heavy (non-hydrogen) atoms. The van der Waals surface area contributed by atoms with Gasteiger partial charge in [0.2, 0.25) is 0 Å². The molecule has 96 valence electrons. The third-order valence-corrected chi connectivity index (χ3v) is 2.34. The van der Waals surface area contributed by atoms with Crippen LogP contribution in [-0.2, 0) is 0 Å². The highest BCUT2D eigenvalue weighted by molar-refractivity contribution is 5.73. The molecule has 0 fully saturated rings. The fourth-order valence-electron chi connectivity index (χ4n) is 0.698. The number of hydrogen-bond acceptors (Lipinski definition) is 2. The average Bonchev–Trinajstić information content (AvgIpc) is 2.10. The normalized spacial score (nSPS) is 12.8. The Kier molecular flexibility index (Phi) is 5.05. The van der Waals surface area contributed by atoms with Crippen LogP contribution in [0, 0.1) is 0 Å². The topological polar surface area (TPSA) is 44.4 Å². The van der Waals surface area contributed by atoms with Crippen molar-refractivity contribution in [1.82, 2.24) is 15.5 Å². The summed E-state index contributed by atoms with van der Waals surface area (Å²) in [5.41, 5.74) is -0.310. The van der Waals surface area contributed by atoms with E-state index in [0.29, 0.717) is 0 Å². The number of urea groups is 1. The first-order valence-electron chi connectivity index (χ1n) is 4.80. The van der Waals surface area contributed by atoms with Crippen molar-refractivity contribution in [3.63, 3.8) is 0 Å². The summed E-state index contributed by atoms with van der Waals surface area (Å²) in [5.74, 6) is 0. The second-order valence-corrected chi connectivity index (χ2v) is 4.36. The monoisotopic (exact) mass is 241 g/mol. The lowest BCUT2D eigenvalue weighted by Crippen LogP contribution is -2.51. The van der Waals surface area contributed by atoms with Gasteiger partial charge in [-0.1, -0.05) is 0 Å². The number of likely N-dealkylation sites (N-methyl/N-ethyl adjacent to an activating group) is 1. The Morgan fingerprint density at radius 1 is 1.12 bits per heavy atom. The van der Waals surface area contributed by atoms with Crippen LogP contribution in [0.1, 0.15) is 13.8 Å². The van der Waals surface area contributed by atoms with Crippen LogP contribution in [0.5, 0.6) is 0 Å². The van der Waals surface area contributed by atoms with E-state index in [-0.39, 0.29) is 12.1 Å². The zero-order valence-electron chi connectivity index (χ0n) is 9.90. The van der Waals surface area contributed by atoms with Crippen molar-refractivity contribution < 1.29 is 18.0 Å². The maximum atomic E-state index is 11.8. The smallest absolute Gasteiger partial charge is 0.336 e. The minimum atomic E-state index is -4.38. The van der Waals surface area contributed by atoms with Crippen LogP contribution in [-0.4, -0.2) is 49.8 Å². The van der Waals surface area contributed by atoms with Crippen molar-refractivity contribution >= 4 is 6.03 Å². The van der Waals surface area contributed by atoms with Gasteiger partial charge in [-0.05, 0) is 27.9 Å². The summed E-state index contributed by atoms with van der Waals surface area (Å²) in [6, 6.07) is -0.813. The van der Waals surface area contributed by atoms with Gasteiger partial charge >= 0.3 is 12.2 Å². The van der Waals surface area contributed by atoms with Gasteiger partial charge in [-0.3, -0.25) is 0 Å². The zero-order valence-corrected chi connectivity index (χ0v) is 9.90. The summed E-state index contributed by atoms with van der Waals surface area (Å²) >= 11 is 0. The molecule has 0 spiro atoms. The Morgan fingerprint density at radius 2 is 1.56 bits per heavy atom. The van der Waals surface area contributed by atoms with Crippen LogP contribution in [0.2, 0.25) is 0 Å². The van der Waals surface area contributed by atoms with Gasteiger partial charge in [0.1, 0.15) is 6.54 Å². The van der Waals surface area contributed by atoms with Gasteiger partial charge in [0.25, 0.3) is 0 Å². The van der Waals surface area contributed by atoms with E-state index < -0.39 is 18.8 Å². The van der Waals surface area contributed by atoms with Crippen LogP contribution in [0.3, 0.4) is 0 Å². The second kappa shape index (κ2) is 5.38. The second-order valence-electron chi connectivity index (χ2n) is 4.36. The van der Waals surface area contributed by atoms with E-state index in [4.69, 9.17) is 0 Å². The van der Waals surface area contributed by atoms with E-state index in [1.807, 2.05) is 32.8 Å². The first-order valence-corrected chi connectivity index (χ1v) is 4.80. The number of hydrogen-bond donors (Lipinski definition) is 2. The number of alkyl halides is 3. The molecule has 0 unspecified atom stereocenters. The van der Waals surface area contributed by atoms with Gasteiger partial charge in [-0.2, -0.15) is 13.2 Å². The highest BCUT2D eigenvalue weighted by atomic mass is 19.4. The molecule has 0 aliphatic heterocycles. The summed E-state index contributed by atoms with van der Waals surface area (Å²) < 4.78 is 35.3. The maximum Gasteiger partial charge on any atom is 0.405 e. The van der Waals surface area contributed by atoms with Gasteiger partial charge in [0.15, 0.2) is 0 Å². The minimum Gasteiger partial charge on any atom is -0.336 e. The lowest BCUT2D eigenvalue weighted by atomic mass is 10.1. The average molecular weight is 241 g/mol. The van der Waals surface area contributed by atoms with Crippen LogP contribution in [0.15, 0.2) is 0 Å². The number of nitrogens with zero attached hydrogens (tertiary/aromatic N) is 1. The molecule has 0 rings (SSSR count). The summed E-state index contributed by atoms with van der Waals surface area (Å²) in [5, 5.41) is 4.13. The molecule has 0 saturated heterocycles. The van der Waals surface area contributed by atoms with Crippen molar-refractivity contribution in [3.05, 3.63) is 0 Å². The standard InChI is InChI=1S/C9H18F3N3O/c1-8(2,15(3)4)5-13-7(16)14-6-9(10,11)12/h5-6H2,1-4H3,(H2,13,14,16). The number of amides is 2. The van der Waals surface area contributed by atoms with Crippen LogP contribution >= 0.6 is 0 Å². The van der Waals surface area contributed by atoms with Crippen molar-refractivity contribution in [2.24, 2.45) is 0 Å². The Morgan fingerprint density at radius 3 is 1.94 bits per heavy atom. The van der Waals surface area contributed by atoms with E-state index in [1.54, 1.807) is 5.32 Å². The van der Waals surface area contributed by atoms with E-state index >= 15 is 0 Å². The van der Waals surface area contributed by atoms with E-state index in [9.17, 15) is 18.0 Å².